The van der Waals surface area contributed by atoms with E-state index >= 15 is 0 Å². The van der Waals surface area contributed by atoms with Gasteiger partial charge in [-0.15, -0.1) is 0 Å². The maximum absolute atomic E-state index is 12.8. The average molecular weight is 424 g/mol. The molecule has 0 bridgehead atoms. The number of hydrogen-bond donors (Lipinski definition) is 1. The SMILES string of the molecule is O=C(Cc1cccc(C(F)(F)F)c1)Nc1cccc(N2C(=O)c3ccccc3C2=O)c1. The van der Waals surface area contributed by atoms with Crippen LogP contribution >= 0.6 is 0 Å². The van der Waals surface area contributed by atoms with Crippen molar-refractivity contribution in [2.45, 2.75) is 12.6 Å². The van der Waals surface area contributed by atoms with Gasteiger partial charge >= 0.3 is 6.18 Å². The molecule has 5 nitrogen and oxygen atoms in total. The standard InChI is InChI=1S/C23H15F3N2O3/c24-23(25,26)15-6-3-5-14(11-15)12-20(29)27-16-7-4-8-17(13-16)28-21(30)18-9-1-2-10-19(18)22(28)31/h1-11,13H,12H2,(H,27,29). The summed E-state index contributed by atoms with van der Waals surface area (Å²) < 4.78 is 38.5. The van der Waals surface area contributed by atoms with E-state index in [2.05, 4.69) is 5.32 Å². The van der Waals surface area contributed by atoms with E-state index in [1.165, 1.54) is 18.2 Å². The molecule has 0 atom stereocenters. The van der Waals surface area contributed by atoms with E-state index in [0.29, 0.717) is 16.8 Å². The van der Waals surface area contributed by atoms with Gasteiger partial charge in [0.2, 0.25) is 5.91 Å². The number of anilines is 2. The molecular weight excluding hydrogens is 409 g/mol. The van der Waals surface area contributed by atoms with Gasteiger partial charge in [-0.25, -0.2) is 4.90 Å². The maximum Gasteiger partial charge on any atom is 0.416 e. The summed E-state index contributed by atoms with van der Waals surface area (Å²) in [6.45, 7) is 0. The summed E-state index contributed by atoms with van der Waals surface area (Å²) in [5.74, 6) is -1.46. The van der Waals surface area contributed by atoms with Crippen molar-refractivity contribution in [3.8, 4) is 0 Å². The van der Waals surface area contributed by atoms with Gasteiger partial charge < -0.3 is 5.32 Å². The van der Waals surface area contributed by atoms with Crippen molar-refractivity contribution < 1.29 is 27.6 Å². The third-order valence-corrected chi connectivity index (χ3v) is 4.80. The average Bonchev–Trinajstić information content (AvgIpc) is 2.98. The van der Waals surface area contributed by atoms with Gasteiger partial charge in [-0.3, -0.25) is 14.4 Å². The van der Waals surface area contributed by atoms with E-state index in [4.69, 9.17) is 0 Å². The van der Waals surface area contributed by atoms with E-state index < -0.39 is 29.5 Å². The summed E-state index contributed by atoms with van der Waals surface area (Å²) in [5.41, 5.74) is 0.571. The van der Waals surface area contributed by atoms with Gasteiger partial charge in [0, 0.05) is 5.69 Å². The lowest BCUT2D eigenvalue weighted by atomic mass is 10.1. The summed E-state index contributed by atoms with van der Waals surface area (Å²) in [4.78, 5) is 38.6. The van der Waals surface area contributed by atoms with E-state index in [1.807, 2.05) is 0 Å². The van der Waals surface area contributed by atoms with Crippen LogP contribution in [0.5, 0.6) is 0 Å². The molecule has 3 aromatic carbocycles. The molecule has 4 rings (SSSR count). The molecule has 1 N–H and O–H groups in total. The highest BCUT2D eigenvalue weighted by Crippen LogP contribution is 2.31. The van der Waals surface area contributed by atoms with Crippen molar-refractivity contribution in [1.82, 2.24) is 0 Å². The molecule has 0 aromatic heterocycles. The molecule has 0 saturated carbocycles. The summed E-state index contributed by atoms with van der Waals surface area (Å²) >= 11 is 0. The van der Waals surface area contributed by atoms with Gasteiger partial charge in [0.15, 0.2) is 0 Å². The van der Waals surface area contributed by atoms with Crippen molar-refractivity contribution in [3.05, 3.63) is 95.1 Å². The quantitative estimate of drug-likeness (QED) is 0.618. The van der Waals surface area contributed by atoms with Gasteiger partial charge in [-0.2, -0.15) is 13.2 Å². The van der Waals surface area contributed by atoms with Gasteiger partial charge in [-0.05, 0) is 42.0 Å². The molecule has 8 heteroatoms. The second-order valence-electron chi connectivity index (χ2n) is 6.96. The van der Waals surface area contributed by atoms with Gasteiger partial charge in [0.25, 0.3) is 11.8 Å². The van der Waals surface area contributed by atoms with Crippen molar-refractivity contribution >= 4 is 29.1 Å². The van der Waals surface area contributed by atoms with Gasteiger partial charge in [0.05, 0.1) is 28.8 Å². The Kier molecular flexibility index (Phi) is 5.06. The maximum atomic E-state index is 12.8. The lowest BCUT2D eigenvalue weighted by molar-refractivity contribution is -0.137. The lowest BCUT2D eigenvalue weighted by Gasteiger charge is -2.15. The topological polar surface area (TPSA) is 66.5 Å². The minimum absolute atomic E-state index is 0.212. The molecule has 0 aliphatic carbocycles. The van der Waals surface area contributed by atoms with Crippen LogP contribution in [0.4, 0.5) is 24.5 Å². The van der Waals surface area contributed by atoms with Crippen molar-refractivity contribution in [2.75, 3.05) is 10.2 Å². The van der Waals surface area contributed by atoms with E-state index in [9.17, 15) is 27.6 Å². The van der Waals surface area contributed by atoms with E-state index in [0.717, 1.165) is 17.0 Å². The zero-order valence-corrected chi connectivity index (χ0v) is 15.9. The minimum atomic E-state index is -4.49. The monoisotopic (exact) mass is 424 g/mol. The van der Waals surface area contributed by atoms with Crippen LogP contribution in [0, 0.1) is 0 Å². The second kappa shape index (κ2) is 7.71. The molecule has 1 aliphatic heterocycles. The summed E-state index contributed by atoms with van der Waals surface area (Å²) in [6.07, 6.45) is -4.76. The number of amides is 3. The van der Waals surface area contributed by atoms with Crippen molar-refractivity contribution in [3.63, 3.8) is 0 Å². The van der Waals surface area contributed by atoms with Crippen LogP contribution in [-0.2, 0) is 17.4 Å². The Morgan fingerprint density at radius 3 is 2.13 bits per heavy atom. The number of alkyl halides is 3. The van der Waals surface area contributed by atoms with Gasteiger partial charge in [-0.1, -0.05) is 36.4 Å². The molecule has 3 amide bonds. The number of carbonyl (C=O) groups excluding carboxylic acids is 3. The number of hydrogen-bond acceptors (Lipinski definition) is 3. The number of halogens is 3. The Labute approximate surface area is 175 Å². The molecule has 0 fully saturated rings. The van der Waals surface area contributed by atoms with Crippen LogP contribution in [0.15, 0.2) is 72.8 Å². The van der Waals surface area contributed by atoms with Crippen LogP contribution in [-0.4, -0.2) is 17.7 Å². The number of imide groups is 1. The largest absolute Gasteiger partial charge is 0.416 e. The summed E-state index contributed by atoms with van der Waals surface area (Å²) in [7, 11) is 0. The minimum Gasteiger partial charge on any atom is -0.326 e. The molecule has 0 unspecified atom stereocenters. The number of rotatable bonds is 4. The molecule has 1 aliphatic rings. The Morgan fingerprint density at radius 1 is 0.839 bits per heavy atom. The molecular formula is C23H15F3N2O3. The first-order chi connectivity index (χ1) is 14.7. The predicted octanol–water partition coefficient (Wildman–Crippen LogP) is 4.69. The van der Waals surface area contributed by atoms with Crippen molar-refractivity contribution in [1.29, 1.82) is 0 Å². The van der Waals surface area contributed by atoms with Crippen LogP contribution in [0.2, 0.25) is 0 Å². The fourth-order valence-electron chi connectivity index (χ4n) is 3.39. The third-order valence-electron chi connectivity index (χ3n) is 4.80. The number of benzene rings is 3. The van der Waals surface area contributed by atoms with Crippen molar-refractivity contribution in [2.24, 2.45) is 0 Å². The number of carbonyl (C=O) groups is 3. The lowest BCUT2D eigenvalue weighted by Crippen LogP contribution is -2.29. The Hall–Kier alpha value is -3.94. The van der Waals surface area contributed by atoms with E-state index in [-0.39, 0.29) is 17.7 Å². The number of nitrogens with one attached hydrogen (secondary N) is 1. The molecule has 0 spiro atoms. The Balaban J connectivity index is 1.50. The molecule has 31 heavy (non-hydrogen) atoms. The molecule has 3 aromatic rings. The molecule has 0 radical (unpaired) electrons. The number of fused-ring (bicyclic) bond motifs is 1. The smallest absolute Gasteiger partial charge is 0.326 e. The predicted molar refractivity (Wildman–Crippen MR) is 108 cm³/mol. The first kappa shape index (κ1) is 20.3. The Bertz CT molecular complexity index is 1170. The Morgan fingerprint density at radius 2 is 1.48 bits per heavy atom. The molecule has 156 valence electrons. The van der Waals surface area contributed by atoms with Crippen LogP contribution < -0.4 is 10.2 Å². The van der Waals surface area contributed by atoms with Crippen LogP contribution in [0.1, 0.15) is 31.8 Å². The fourth-order valence-corrected chi connectivity index (χ4v) is 3.39. The zero-order chi connectivity index (χ0) is 22.2. The first-order valence-electron chi connectivity index (χ1n) is 9.28. The highest BCUT2D eigenvalue weighted by molar-refractivity contribution is 6.34. The third kappa shape index (κ3) is 4.05. The normalized spacial score (nSPS) is 13.3. The first-order valence-corrected chi connectivity index (χ1v) is 9.28. The molecule has 1 heterocycles. The second-order valence-corrected chi connectivity index (χ2v) is 6.96. The van der Waals surface area contributed by atoms with Gasteiger partial charge in [0.1, 0.15) is 0 Å². The van der Waals surface area contributed by atoms with E-state index in [1.54, 1.807) is 42.5 Å². The summed E-state index contributed by atoms with van der Waals surface area (Å²) in [6, 6.07) is 17.2. The summed E-state index contributed by atoms with van der Waals surface area (Å²) in [5, 5.41) is 2.59. The number of nitrogens with zero attached hydrogens (tertiary/aromatic N) is 1. The fraction of sp³-hybridized carbons (Fsp3) is 0.0870. The highest BCUT2D eigenvalue weighted by Gasteiger charge is 2.36. The highest BCUT2D eigenvalue weighted by atomic mass is 19.4. The zero-order valence-electron chi connectivity index (χ0n) is 15.9. The molecule has 0 saturated heterocycles. The van der Waals surface area contributed by atoms with Crippen LogP contribution in [0.25, 0.3) is 0 Å². The van der Waals surface area contributed by atoms with Crippen LogP contribution in [0.3, 0.4) is 0 Å².